The Morgan fingerprint density at radius 1 is 0.923 bits per heavy atom. The lowest BCUT2D eigenvalue weighted by Gasteiger charge is -2.17. The van der Waals surface area contributed by atoms with Gasteiger partial charge >= 0.3 is 11.9 Å². The predicted molar refractivity (Wildman–Crippen MR) is 99.9 cm³/mol. The molecule has 0 fully saturated rings. The maximum absolute atomic E-state index is 11.4. The molecule has 2 aromatic carbocycles. The molecule has 0 heterocycles. The van der Waals surface area contributed by atoms with E-state index in [0.717, 1.165) is 11.1 Å². The largest absolute Gasteiger partial charge is 0.480 e. The second-order valence-electron chi connectivity index (χ2n) is 6.13. The molecule has 0 aliphatic rings. The summed E-state index contributed by atoms with van der Waals surface area (Å²) in [5.74, 6) is -2.20. The van der Waals surface area contributed by atoms with Crippen molar-refractivity contribution in [3.05, 3.63) is 83.4 Å². The van der Waals surface area contributed by atoms with E-state index >= 15 is 0 Å². The average Bonchev–Trinajstić information content (AvgIpc) is 2.65. The van der Waals surface area contributed by atoms with Crippen LogP contribution in [0.15, 0.2) is 72.3 Å². The van der Waals surface area contributed by atoms with Gasteiger partial charge in [0.1, 0.15) is 6.04 Å². The SMILES string of the molecule is NC(CC(=CCCC(c1ccccc1)c1ccccc1)C(=O)O)C(=O)O. The van der Waals surface area contributed by atoms with Crippen LogP contribution < -0.4 is 5.73 Å². The van der Waals surface area contributed by atoms with Crippen LogP contribution in [0.25, 0.3) is 0 Å². The first kappa shape index (κ1) is 19.4. The van der Waals surface area contributed by atoms with Gasteiger partial charge in [0.15, 0.2) is 0 Å². The van der Waals surface area contributed by atoms with Crippen LogP contribution in [0, 0.1) is 0 Å². The fourth-order valence-electron chi connectivity index (χ4n) is 2.90. The Hall–Kier alpha value is -2.92. The van der Waals surface area contributed by atoms with Crippen molar-refractivity contribution in [1.82, 2.24) is 0 Å². The van der Waals surface area contributed by atoms with Crippen LogP contribution in [0.1, 0.15) is 36.3 Å². The van der Waals surface area contributed by atoms with E-state index in [4.69, 9.17) is 10.8 Å². The van der Waals surface area contributed by atoms with E-state index in [9.17, 15) is 14.7 Å². The molecule has 0 radical (unpaired) electrons. The van der Waals surface area contributed by atoms with Gasteiger partial charge < -0.3 is 15.9 Å². The van der Waals surface area contributed by atoms with Crippen LogP contribution in [-0.2, 0) is 9.59 Å². The average molecular weight is 353 g/mol. The van der Waals surface area contributed by atoms with Gasteiger partial charge in [-0.2, -0.15) is 0 Å². The standard InChI is InChI=1S/C21H23NO4/c22-19(21(25)26)14-17(20(23)24)12-7-13-18(15-8-3-1-4-9-15)16-10-5-2-6-11-16/h1-6,8-12,18-19H,7,13-14,22H2,(H,23,24)(H,25,26). The topological polar surface area (TPSA) is 101 Å². The van der Waals surface area contributed by atoms with Gasteiger partial charge in [0.25, 0.3) is 0 Å². The first-order valence-electron chi connectivity index (χ1n) is 8.49. The second kappa shape index (κ2) is 9.53. The van der Waals surface area contributed by atoms with Gasteiger partial charge in [-0.1, -0.05) is 66.7 Å². The Kier molecular flexibility index (Phi) is 7.12. The molecular weight excluding hydrogens is 330 g/mol. The number of hydrogen-bond donors (Lipinski definition) is 3. The monoisotopic (exact) mass is 353 g/mol. The zero-order valence-electron chi connectivity index (χ0n) is 14.4. The molecular formula is C21H23NO4. The number of aliphatic carboxylic acids is 2. The van der Waals surface area contributed by atoms with Crippen LogP contribution in [0.4, 0.5) is 0 Å². The summed E-state index contributed by atoms with van der Waals surface area (Å²) in [5.41, 5.74) is 7.82. The number of hydrogen-bond acceptors (Lipinski definition) is 3. The third-order valence-electron chi connectivity index (χ3n) is 4.28. The highest BCUT2D eigenvalue weighted by molar-refractivity contribution is 5.88. The molecule has 4 N–H and O–H groups in total. The highest BCUT2D eigenvalue weighted by Gasteiger charge is 2.18. The summed E-state index contributed by atoms with van der Waals surface area (Å²) >= 11 is 0. The Morgan fingerprint density at radius 3 is 1.85 bits per heavy atom. The van der Waals surface area contributed by atoms with Crippen molar-refractivity contribution in [2.45, 2.75) is 31.2 Å². The molecule has 26 heavy (non-hydrogen) atoms. The van der Waals surface area contributed by atoms with Crippen molar-refractivity contribution in [2.24, 2.45) is 5.73 Å². The highest BCUT2D eigenvalue weighted by Crippen LogP contribution is 2.29. The van der Waals surface area contributed by atoms with E-state index in [1.54, 1.807) is 6.08 Å². The van der Waals surface area contributed by atoms with Crippen molar-refractivity contribution in [3.63, 3.8) is 0 Å². The fraction of sp³-hybridized carbons (Fsp3) is 0.238. The predicted octanol–water partition coefficient (Wildman–Crippen LogP) is 3.41. The summed E-state index contributed by atoms with van der Waals surface area (Å²) in [4.78, 5) is 22.2. The molecule has 5 heteroatoms. The van der Waals surface area contributed by atoms with E-state index in [2.05, 4.69) is 24.3 Å². The zero-order chi connectivity index (χ0) is 18.9. The molecule has 2 aromatic rings. The Labute approximate surface area is 152 Å². The van der Waals surface area contributed by atoms with E-state index in [1.165, 1.54) is 0 Å². The van der Waals surface area contributed by atoms with Crippen molar-refractivity contribution >= 4 is 11.9 Å². The van der Waals surface area contributed by atoms with Crippen LogP contribution >= 0.6 is 0 Å². The third kappa shape index (κ3) is 5.57. The Morgan fingerprint density at radius 2 is 1.42 bits per heavy atom. The number of benzene rings is 2. The van der Waals surface area contributed by atoms with Crippen LogP contribution in [-0.4, -0.2) is 28.2 Å². The number of nitrogens with two attached hydrogens (primary N) is 1. The van der Waals surface area contributed by atoms with Gasteiger partial charge in [0.05, 0.1) is 0 Å². The molecule has 0 amide bonds. The van der Waals surface area contributed by atoms with Gasteiger partial charge in [-0.3, -0.25) is 4.79 Å². The van der Waals surface area contributed by atoms with Crippen molar-refractivity contribution in [2.75, 3.05) is 0 Å². The lowest BCUT2D eigenvalue weighted by molar-refractivity contribution is -0.138. The summed E-state index contributed by atoms with van der Waals surface area (Å²) in [6.07, 6.45) is 2.63. The van der Waals surface area contributed by atoms with Crippen LogP contribution in [0.3, 0.4) is 0 Å². The van der Waals surface area contributed by atoms with Crippen LogP contribution in [0.2, 0.25) is 0 Å². The number of allylic oxidation sites excluding steroid dienone is 1. The molecule has 2 rings (SSSR count). The lowest BCUT2D eigenvalue weighted by Crippen LogP contribution is -2.31. The zero-order valence-corrected chi connectivity index (χ0v) is 14.4. The molecule has 1 atom stereocenters. The van der Waals surface area contributed by atoms with Crippen molar-refractivity contribution < 1.29 is 19.8 Å². The van der Waals surface area contributed by atoms with E-state index in [0.29, 0.717) is 12.8 Å². The lowest BCUT2D eigenvalue weighted by atomic mass is 9.87. The quantitative estimate of drug-likeness (QED) is 0.600. The number of carboxylic acids is 2. The summed E-state index contributed by atoms with van der Waals surface area (Å²) in [7, 11) is 0. The van der Waals surface area contributed by atoms with E-state index in [1.807, 2.05) is 36.4 Å². The Bertz CT molecular complexity index is 717. The normalized spacial score (nSPS) is 12.8. The molecule has 0 saturated heterocycles. The molecule has 1 unspecified atom stereocenters. The molecule has 0 saturated carbocycles. The van der Waals surface area contributed by atoms with Gasteiger partial charge in [0, 0.05) is 17.9 Å². The first-order valence-corrected chi connectivity index (χ1v) is 8.49. The fourth-order valence-corrected chi connectivity index (χ4v) is 2.90. The molecule has 136 valence electrons. The van der Waals surface area contributed by atoms with E-state index in [-0.39, 0.29) is 17.9 Å². The van der Waals surface area contributed by atoms with E-state index < -0.39 is 18.0 Å². The number of rotatable bonds is 9. The highest BCUT2D eigenvalue weighted by atomic mass is 16.4. The van der Waals surface area contributed by atoms with Gasteiger partial charge in [-0.05, 0) is 24.0 Å². The summed E-state index contributed by atoms with van der Waals surface area (Å²) in [5, 5.41) is 18.2. The second-order valence-corrected chi connectivity index (χ2v) is 6.13. The minimum absolute atomic E-state index is 0.0415. The first-order chi connectivity index (χ1) is 12.5. The minimum Gasteiger partial charge on any atom is -0.480 e. The Balaban J connectivity index is 2.15. The van der Waals surface area contributed by atoms with Gasteiger partial charge in [-0.25, -0.2) is 4.79 Å². The molecule has 0 bridgehead atoms. The number of carboxylic acid groups (broad SMARTS) is 2. The van der Waals surface area contributed by atoms with Crippen molar-refractivity contribution in [1.29, 1.82) is 0 Å². The minimum atomic E-state index is -1.21. The molecule has 0 aromatic heterocycles. The summed E-state index contributed by atoms with van der Waals surface area (Å²) < 4.78 is 0. The third-order valence-corrected chi connectivity index (χ3v) is 4.28. The molecule has 5 nitrogen and oxygen atoms in total. The number of carbonyl (C=O) groups is 2. The van der Waals surface area contributed by atoms with Crippen LogP contribution in [0.5, 0.6) is 0 Å². The van der Waals surface area contributed by atoms with Gasteiger partial charge in [-0.15, -0.1) is 0 Å². The summed E-state index contributed by atoms with van der Waals surface area (Å²) in [6.45, 7) is 0. The molecule has 0 aliphatic carbocycles. The van der Waals surface area contributed by atoms with Crippen molar-refractivity contribution in [3.8, 4) is 0 Å². The molecule has 0 spiro atoms. The smallest absolute Gasteiger partial charge is 0.331 e. The summed E-state index contributed by atoms with van der Waals surface area (Å²) in [6, 6.07) is 18.9. The molecule has 0 aliphatic heterocycles. The maximum Gasteiger partial charge on any atom is 0.331 e. The van der Waals surface area contributed by atoms with Gasteiger partial charge in [0.2, 0.25) is 0 Å². The maximum atomic E-state index is 11.4.